The van der Waals surface area contributed by atoms with Crippen molar-refractivity contribution in [3.8, 4) is 6.07 Å². The molecule has 5 nitrogen and oxygen atoms in total. The van der Waals surface area contributed by atoms with Gasteiger partial charge in [0, 0.05) is 11.8 Å². The van der Waals surface area contributed by atoms with Crippen molar-refractivity contribution < 1.29 is 4.79 Å². The molecule has 1 aromatic heterocycles. The quantitative estimate of drug-likeness (QED) is 0.899. The third kappa shape index (κ3) is 3.36. The lowest BCUT2D eigenvalue weighted by Crippen LogP contribution is -2.23. The van der Waals surface area contributed by atoms with Crippen LogP contribution in [0.2, 0.25) is 0 Å². The molecule has 2 aromatic rings. The first-order chi connectivity index (χ1) is 9.19. The van der Waals surface area contributed by atoms with Gasteiger partial charge < -0.3 is 5.32 Å². The van der Waals surface area contributed by atoms with Crippen LogP contribution in [-0.4, -0.2) is 15.9 Å². The van der Waals surface area contributed by atoms with Crippen molar-refractivity contribution in [3.05, 3.63) is 59.2 Å². The standard InChI is InChI=1S/C14H12N4O/c1-10-16-7-6-13(18-10)9-17-14(19)12-4-2-11(8-15)3-5-12/h2-7H,9H2,1H3,(H,17,19). The molecule has 1 heterocycles. The van der Waals surface area contributed by atoms with Crippen LogP contribution in [0.25, 0.3) is 0 Å². The Labute approximate surface area is 110 Å². The van der Waals surface area contributed by atoms with Gasteiger partial charge in [0.05, 0.1) is 23.9 Å². The van der Waals surface area contributed by atoms with E-state index in [-0.39, 0.29) is 5.91 Å². The van der Waals surface area contributed by atoms with Crippen molar-refractivity contribution in [2.24, 2.45) is 0 Å². The fourth-order valence-corrected chi connectivity index (χ4v) is 1.57. The highest BCUT2D eigenvalue weighted by Crippen LogP contribution is 2.03. The second-order valence-corrected chi connectivity index (χ2v) is 3.97. The molecule has 0 saturated heterocycles. The largest absolute Gasteiger partial charge is 0.346 e. The molecule has 0 fully saturated rings. The Kier molecular flexibility index (Phi) is 3.84. The number of aromatic nitrogens is 2. The van der Waals surface area contributed by atoms with Crippen molar-refractivity contribution in [3.63, 3.8) is 0 Å². The molecule has 0 unspecified atom stereocenters. The molecule has 0 radical (unpaired) electrons. The molecule has 2 rings (SSSR count). The monoisotopic (exact) mass is 252 g/mol. The Bertz CT molecular complexity index is 629. The number of nitrogens with one attached hydrogen (secondary N) is 1. The summed E-state index contributed by atoms with van der Waals surface area (Å²) in [5, 5.41) is 11.4. The van der Waals surface area contributed by atoms with E-state index in [1.54, 1.807) is 43.5 Å². The van der Waals surface area contributed by atoms with Crippen LogP contribution in [0, 0.1) is 18.3 Å². The summed E-state index contributed by atoms with van der Waals surface area (Å²) in [5.41, 5.74) is 1.81. The highest BCUT2D eigenvalue weighted by Gasteiger charge is 2.05. The van der Waals surface area contributed by atoms with E-state index in [0.717, 1.165) is 5.69 Å². The van der Waals surface area contributed by atoms with Gasteiger partial charge in [-0.05, 0) is 37.3 Å². The second kappa shape index (κ2) is 5.74. The number of benzene rings is 1. The van der Waals surface area contributed by atoms with Gasteiger partial charge in [-0.1, -0.05) is 0 Å². The first-order valence-electron chi connectivity index (χ1n) is 5.76. The van der Waals surface area contributed by atoms with Crippen LogP contribution in [0.4, 0.5) is 0 Å². The minimum atomic E-state index is -0.194. The van der Waals surface area contributed by atoms with Gasteiger partial charge in [0.1, 0.15) is 5.82 Å². The van der Waals surface area contributed by atoms with Crippen LogP contribution in [-0.2, 0) is 6.54 Å². The summed E-state index contributed by atoms with van der Waals surface area (Å²) in [7, 11) is 0. The molecule has 0 aliphatic heterocycles. The molecule has 0 spiro atoms. The van der Waals surface area contributed by atoms with Crippen LogP contribution in [0.15, 0.2) is 36.5 Å². The minimum absolute atomic E-state index is 0.194. The summed E-state index contributed by atoms with van der Waals surface area (Å²) in [5.74, 6) is 0.478. The fraction of sp³-hybridized carbons (Fsp3) is 0.143. The summed E-state index contributed by atoms with van der Waals surface area (Å²) < 4.78 is 0. The van der Waals surface area contributed by atoms with Crippen LogP contribution in [0.5, 0.6) is 0 Å². The van der Waals surface area contributed by atoms with Crippen LogP contribution in [0.1, 0.15) is 27.4 Å². The first kappa shape index (κ1) is 12.7. The second-order valence-electron chi connectivity index (χ2n) is 3.97. The summed E-state index contributed by atoms with van der Waals surface area (Å²) >= 11 is 0. The van der Waals surface area contributed by atoms with Crippen LogP contribution >= 0.6 is 0 Å². The van der Waals surface area contributed by atoms with Crippen molar-refractivity contribution in [2.75, 3.05) is 0 Å². The van der Waals surface area contributed by atoms with Gasteiger partial charge in [0.25, 0.3) is 5.91 Å². The maximum atomic E-state index is 11.9. The molecule has 0 aliphatic carbocycles. The van der Waals surface area contributed by atoms with Crippen LogP contribution in [0.3, 0.4) is 0 Å². The smallest absolute Gasteiger partial charge is 0.251 e. The molecule has 0 atom stereocenters. The molecule has 0 aliphatic rings. The number of nitrogens with zero attached hydrogens (tertiary/aromatic N) is 3. The van der Waals surface area contributed by atoms with E-state index in [1.165, 1.54) is 0 Å². The molecule has 0 bridgehead atoms. The molecule has 19 heavy (non-hydrogen) atoms. The number of hydrogen-bond acceptors (Lipinski definition) is 4. The topological polar surface area (TPSA) is 78.7 Å². The summed E-state index contributed by atoms with van der Waals surface area (Å²) in [6.07, 6.45) is 1.66. The number of carbonyl (C=O) groups excluding carboxylic acids is 1. The molecule has 94 valence electrons. The number of hydrogen-bond donors (Lipinski definition) is 1. The number of rotatable bonds is 3. The predicted octanol–water partition coefficient (Wildman–Crippen LogP) is 1.59. The first-order valence-corrected chi connectivity index (χ1v) is 5.76. The Morgan fingerprint density at radius 3 is 2.68 bits per heavy atom. The Hall–Kier alpha value is -2.74. The predicted molar refractivity (Wildman–Crippen MR) is 69.1 cm³/mol. The lowest BCUT2D eigenvalue weighted by molar-refractivity contribution is 0.0950. The lowest BCUT2D eigenvalue weighted by Gasteiger charge is -2.05. The van der Waals surface area contributed by atoms with Crippen molar-refractivity contribution in [2.45, 2.75) is 13.5 Å². The van der Waals surface area contributed by atoms with Gasteiger partial charge in [-0.3, -0.25) is 4.79 Å². The summed E-state index contributed by atoms with van der Waals surface area (Å²) in [6, 6.07) is 10.2. The Morgan fingerprint density at radius 1 is 1.32 bits per heavy atom. The Morgan fingerprint density at radius 2 is 2.05 bits per heavy atom. The maximum absolute atomic E-state index is 11.9. The molecule has 5 heteroatoms. The maximum Gasteiger partial charge on any atom is 0.251 e. The zero-order valence-electron chi connectivity index (χ0n) is 10.4. The molecule has 1 N–H and O–H groups in total. The summed E-state index contributed by atoms with van der Waals surface area (Å²) in [4.78, 5) is 20.1. The normalized spacial score (nSPS) is 9.68. The molecular weight excluding hydrogens is 240 g/mol. The van der Waals surface area contributed by atoms with Gasteiger partial charge >= 0.3 is 0 Å². The molecule has 0 saturated carbocycles. The van der Waals surface area contributed by atoms with Crippen LogP contribution < -0.4 is 5.32 Å². The molecular formula is C14H12N4O. The van der Waals surface area contributed by atoms with E-state index in [2.05, 4.69) is 15.3 Å². The van der Waals surface area contributed by atoms with E-state index < -0.39 is 0 Å². The van der Waals surface area contributed by atoms with E-state index in [4.69, 9.17) is 5.26 Å². The average molecular weight is 252 g/mol. The average Bonchev–Trinajstić information content (AvgIpc) is 2.45. The SMILES string of the molecule is Cc1nccc(CNC(=O)c2ccc(C#N)cc2)n1. The van der Waals surface area contributed by atoms with E-state index in [0.29, 0.717) is 23.5 Å². The van der Waals surface area contributed by atoms with E-state index in [9.17, 15) is 4.79 Å². The van der Waals surface area contributed by atoms with E-state index in [1.807, 2.05) is 6.07 Å². The lowest BCUT2D eigenvalue weighted by atomic mass is 10.1. The zero-order valence-corrected chi connectivity index (χ0v) is 10.4. The van der Waals surface area contributed by atoms with Crippen molar-refractivity contribution in [1.82, 2.24) is 15.3 Å². The van der Waals surface area contributed by atoms with Crippen molar-refractivity contribution >= 4 is 5.91 Å². The number of nitriles is 1. The highest BCUT2D eigenvalue weighted by atomic mass is 16.1. The van der Waals surface area contributed by atoms with Gasteiger partial charge in [-0.2, -0.15) is 5.26 Å². The van der Waals surface area contributed by atoms with Gasteiger partial charge in [0.2, 0.25) is 0 Å². The summed E-state index contributed by atoms with van der Waals surface area (Å²) in [6.45, 7) is 2.15. The minimum Gasteiger partial charge on any atom is -0.346 e. The molecule has 1 amide bonds. The van der Waals surface area contributed by atoms with Crippen molar-refractivity contribution in [1.29, 1.82) is 5.26 Å². The number of carbonyl (C=O) groups is 1. The van der Waals surface area contributed by atoms with Gasteiger partial charge in [0.15, 0.2) is 0 Å². The third-order valence-electron chi connectivity index (χ3n) is 2.54. The highest BCUT2D eigenvalue weighted by molar-refractivity contribution is 5.94. The Balaban J connectivity index is 1.99. The zero-order chi connectivity index (χ0) is 13.7. The van der Waals surface area contributed by atoms with Gasteiger partial charge in [-0.25, -0.2) is 9.97 Å². The third-order valence-corrected chi connectivity index (χ3v) is 2.54. The number of aryl methyl sites for hydroxylation is 1. The molecule has 1 aromatic carbocycles. The van der Waals surface area contributed by atoms with Gasteiger partial charge in [-0.15, -0.1) is 0 Å². The number of amides is 1. The van der Waals surface area contributed by atoms with E-state index >= 15 is 0 Å². The fourth-order valence-electron chi connectivity index (χ4n) is 1.57.